The zero-order valence-corrected chi connectivity index (χ0v) is 7.05. The molecule has 0 aromatic rings. The third-order valence-corrected chi connectivity index (χ3v) is 2.75. The molecule has 2 heteroatoms. The Morgan fingerprint density at radius 1 is 1.45 bits per heavy atom. The Morgan fingerprint density at radius 3 is 2.55 bits per heavy atom. The molecule has 1 aliphatic rings. The summed E-state index contributed by atoms with van der Waals surface area (Å²) in [5.41, 5.74) is 0. The molecule has 1 aliphatic carbocycles. The first kappa shape index (κ1) is 8.57. The van der Waals surface area contributed by atoms with Gasteiger partial charge >= 0.3 is 5.97 Å². The molecule has 0 heterocycles. The number of hydrogen-bond donors (Lipinski definition) is 1. The van der Waals surface area contributed by atoms with Gasteiger partial charge in [-0.15, -0.1) is 0 Å². The van der Waals surface area contributed by atoms with Crippen LogP contribution in [0.2, 0.25) is 0 Å². The molecular formula is C9H16O2. The average molecular weight is 156 g/mol. The molecule has 0 aromatic carbocycles. The predicted molar refractivity (Wildman–Crippen MR) is 43.4 cm³/mol. The maximum absolute atomic E-state index is 10.7. The van der Waals surface area contributed by atoms with Crippen LogP contribution in [0.1, 0.15) is 39.0 Å². The highest BCUT2D eigenvalue weighted by Crippen LogP contribution is 2.32. The summed E-state index contributed by atoms with van der Waals surface area (Å²) in [6, 6.07) is 0. The van der Waals surface area contributed by atoms with Gasteiger partial charge in [0.2, 0.25) is 0 Å². The van der Waals surface area contributed by atoms with Gasteiger partial charge in [-0.3, -0.25) is 4.79 Å². The second-order valence-electron chi connectivity index (χ2n) is 3.40. The Hall–Kier alpha value is -0.530. The van der Waals surface area contributed by atoms with Crippen molar-refractivity contribution in [2.45, 2.75) is 39.0 Å². The highest BCUT2D eigenvalue weighted by atomic mass is 16.4. The van der Waals surface area contributed by atoms with Crippen LogP contribution in [0.3, 0.4) is 0 Å². The lowest BCUT2D eigenvalue weighted by atomic mass is 9.78. The summed E-state index contributed by atoms with van der Waals surface area (Å²) in [6.07, 6.45) is 5.37. The molecule has 1 rings (SSSR count). The van der Waals surface area contributed by atoms with E-state index < -0.39 is 5.97 Å². The number of carboxylic acid groups (broad SMARTS) is 1. The van der Waals surface area contributed by atoms with E-state index in [9.17, 15) is 4.79 Å². The fourth-order valence-corrected chi connectivity index (χ4v) is 2.02. The molecule has 2 nitrogen and oxygen atoms in total. The van der Waals surface area contributed by atoms with E-state index >= 15 is 0 Å². The fraction of sp³-hybridized carbons (Fsp3) is 0.889. The Morgan fingerprint density at radius 2 is 2.09 bits per heavy atom. The van der Waals surface area contributed by atoms with Crippen LogP contribution in [0.25, 0.3) is 0 Å². The van der Waals surface area contributed by atoms with Gasteiger partial charge in [0.15, 0.2) is 0 Å². The molecule has 0 aliphatic heterocycles. The van der Waals surface area contributed by atoms with Gasteiger partial charge in [-0.05, 0) is 18.8 Å². The molecular weight excluding hydrogens is 140 g/mol. The highest BCUT2D eigenvalue weighted by molar-refractivity contribution is 5.70. The van der Waals surface area contributed by atoms with Crippen LogP contribution < -0.4 is 0 Å². The third-order valence-electron chi connectivity index (χ3n) is 2.75. The first-order chi connectivity index (χ1) is 5.25. The van der Waals surface area contributed by atoms with E-state index in [0.717, 1.165) is 25.7 Å². The maximum atomic E-state index is 10.7. The number of carboxylic acids is 1. The van der Waals surface area contributed by atoms with Gasteiger partial charge in [0, 0.05) is 0 Å². The first-order valence-corrected chi connectivity index (χ1v) is 4.48. The Kier molecular flexibility index (Phi) is 2.92. The van der Waals surface area contributed by atoms with Crippen molar-refractivity contribution >= 4 is 5.97 Å². The number of carbonyl (C=O) groups is 1. The lowest BCUT2D eigenvalue weighted by Crippen LogP contribution is -2.26. The second-order valence-corrected chi connectivity index (χ2v) is 3.40. The molecule has 0 aromatic heterocycles. The summed E-state index contributed by atoms with van der Waals surface area (Å²) >= 11 is 0. The van der Waals surface area contributed by atoms with Gasteiger partial charge < -0.3 is 5.11 Å². The molecule has 0 radical (unpaired) electrons. The summed E-state index contributed by atoms with van der Waals surface area (Å²) in [7, 11) is 0. The molecule has 2 atom stereocenters. The molecule has 1 saturated carbocycles. The zero-order valence-electron chi connectivity index (χ0n) is 7.05. The van der Waals surface area contributed by atoms with Crippen LogP contribution in [-0.4, -0.2) is 11.1 Å². The van der Waals surface area contributed by atoms with Gasteiger partial charge in [-0.2, -0.15) is 0 Å². The van der Waals surface area contributed by atoms with Gasteiger partial charge in [0.1, 0.15) is 0 Å². The lowest BCUT2D eigenvalue weighted by molar-refractivity contribution is -0.144. The standard InChI is InChI=1S/C9H16O2/c1-2-7-5-3-4-6-8(7)9(10)11/h7-8H,2-6H2,1H3,(H,10,11)/t7-,8-/m1/s1. The van der Waals surface area contributed by atoms with Crippen molar-refractivity contribution in [1.29, 1.82) is 0 Å². The zero-order chi connectivity index (χ0) is 8.27. The van der Waals surface area contributed by atoms with E-state index in [2.05, 4.69) is 6.92 Å². The molecule has 1 N–H and O–H groups in total. The molecule has 0 spiro atoms. The van der Waals surface area contributed by atoms with Crippen LogP contribution in [0.5, 0.6) is 0 Å². The molecule has 0 bridgehead atoms. The van der Waals surface area contributed by atoms with E-state index in [1.54, 1.807) is 0 Å². The van der Waals surface area contributed by atoms with E-state index in [-0.39, 0.29) is 5.92 Å². The fourth-order valence-electron chi connectivity index (χ4n) is 2.02. The topological polar surface area (TPSA) is 37.3 Å². The average Bonchev–Trinajstić information content (AvgIpc) is 2.04. The molecule has 11 heavy (non-hydrogen) atoms. The number of hydrogen-bond acceptors (Lipinski definition) is 1. The molecule has 0 unspecified atom stereocenters. The van der Waals surface area contributed by atoms with Crippen LogP contribution in [-0.2, 0) is 4.79 Å². The van der Waals surface area contributed by atoms with E-state index in [1.807, 2.05) is 0 Å². The van der Waals surface area contributed by atoms with Crippen LogP contribution in [0.4, 0.5) is 0 Å². The largest absolute Gasteiger partial charge is 0.481 e. The Balaban J connectivity index is 2.51. The van der Waals surface area contributed by atoms with Crippen molar-refractivity contribution in [3.05, 3.63) is 0 Å². The number of rotatable bonds is 2. The minimum absolute atomic E-state index is 0.0475. The summed E-state index contributed by atoms with van der Waals surface area (Å²) < 4.78 is 0. The summed E-state index contributed by atoms with van der Waals surface area (Å²) in [5, 5.41) is 8.84. The Labute approximate surface area is 67.6 Å². The highest BCUT2D eigenvalue weighted by Gasteiger charge is 2.28. The summed E-state index contributed by atoms with van der Waals surface area (Å²) in [4.78, 5) is 10.7. The van der Waals surface area contributed by atoms with Crippen molar-refractivity contribution < 1.29 is 9.90 Å². The minimum Gasteiger partial charge on any atom is -0.481 e. The monoisotopic (exact) mass is 156 g/mol. The van der Waals surface area contributed by atoms with E-state index in [1.165, 1.54) is 6.42 Å². The van der Waals surface area contributed by atoms with Gasteiger partial charge in [-0.25, -0.2) is 0 Å². The van der Waals surface area contributed by atoms with Crippen molar-refractivity contribution in [2.75, 3.05) is 0 Å². The Bertz CT molecular complexity index is 142. The molecule has 64 valence electrons. The maximum Gasteiger partial charge on any atom is 0.306 e. The van der Waals surface area contributed by atoms with Crippen LogP contribution in [0.15, 0.2) is 0 Å². The van der Waals surface area contributed by atoms with E-state index in [4.69, 9.17) is 5.11 Å². The molecule has 0 amide bonds. The lowest BCUT2D eigenvalue weighted by Gasteiger charge is -2.27. The second kappa shape index (κ2) is 3.74. The minimum atomic E-state index is -0.587. The van der Waals surface area contributed by atoms with Crippen molar-refractivity contribution in [1.82, 2.24) is 0 Å². The predicted octanol–water partition coefficient (Wildman–Crippen LogP) is 2.29. The smallest absolute Gasteiger partial charge is 0.306 e. The van der Waals surface area contributed by atoms with Crippen LogP contribution >= 0.6 is 0 Å². The van der Waals surface area contributed by atoms with Crippen LogP contribution in [0, 0.1) is 11.8 Å². The first-order valence-electron chi connectivity index (χ1n) is 4.48. The summed E-state index contributed by atoms with van der Waals surface area (Å²) in [6.45, 7) is 2.09. The van der Waals surface area contributed by atoms with Crippen molar-refractivity contribution in [3.8, 4) is 0 Å². The number of aliphatic carboxylic acids is 1. The normalized spacial score (nSPS) is 31.7. The summed E-state index contributed by atoms with van der Waals surface area (Å²) in [5.74, 6) is -0.188. The molecule has 0 saturated heterocycles. The van der Waals surface area contributed by atoms with Crippen molar-refractivity contribution in [2.24, 2.45) is 11.8 Å². The quantitative estimate of drug-likeness (QED) is 0.666. The van der Waals surface area contributed by atoms with E-state index in [0.29, 0.717) is 5.92 Å². The van der Waals surface area contributed by atoms with Gasteiger partial charge in [0.25, 0.3) is 0 Å². The van der Waals surface area contributed by atoms with Gasteiger partial charge in [0.05, 0.1) is 5.92 Å². The molecule has 1 fully saturated rings. The van der Waals surface area contributed by atoms with Gasteiger partial charge in [-0.1, -0.05) is 26.2 Å². The third kappa shape index (κ3) is 1.95. The SMILES string of the molecule is CC[C@@H]1CCCC[C@H]1C(=O)O. The van der Waals surface area contributed by atoms with Crippen molar-refractivity contribution in [3.63, 3.8) is 0 Å².